The Bertz CT molecular complexity index is 485. The van der Waals surface area contributed by atoms with Crippen LogP contribution in [0.4, 0.5) is 5.69 Å². The van der Waals surface area contributed by atoms with Crippen LogP contribution in [0.15, 0.2) is 24.3 Å². The van der Waals surface area contributed by atoms with Crippen molar-refractivity contribution in [2.75, 3.05) is 18.9 Å². The number of likely N-dealkylation sites (N-methyl/N-ethyl adjacent to an activating group) is 1. The topological polar surface area (TPSA) is 86.7 Å². The maximum Gasteiger partial charge on any atom is 0.337 e. The molecule has 0 radical (unpaired) electrons. The Balaban J connectivity index is 2.76. The molecule has 2 N–H and O–H groups in total. The van der Waals surface area contributed by atoms with Crippen molar-refractivity contribution in [3.8, 4) is 0 Å². The van der Waals surface area contributed by atoms with Crippen LogP contribution < -0.4 is 5.32 Å². The molecule has 0 saturated carbocycles. The van der Waals surface area contributed by atoms with Crippen LogP contribution >= 0.6 is 0 Å². The van der Waals surface area contributed by atoms with Gasteiger partial charge in [0.1, 0.15) is 0 Å². The number of hydrogen-bond acceptors (Lipinski definition) is 3. The molecule has 2 amide bonds. The summed E-state index contributed by atoms with van der Waals surface area (Å²) in [5, 5.41) is 11.4. The lowest BCUT2D eigenvalue weighted by molar-refractivity contribution is -0.131. The van der Waals surface area contributed by atoms with Gasteiger partial charge in [0, 0.05) is 14.0 Å². The molecule has 0 atom stereocenters. The fourth-order valence-corrected chi connectivity index (χ4v) is 1.30. The van der Waals surface area contributed by atoms with E-state index in [1.165, 1.54) is 31.0 Å². The number of carboxylic acid groups (broad SMARTS) is 1. The third-order valence-electron chi connectivity index (χ3n) is 2.35. The van der Waals surface area contributed by atoms with Gasteiger partial charge in [0.2, 0.25) is 11.8 Å². The van der Waals surface area contributed by atoms with E-state index in [1.807, 2.05) is 0 Å². The molecule has 0 aliphatic rings. The van der Waals surface area contributed by atoms with E-state index in [1.54, 1.807) is 12.1 Å². The van der Waals surface area contributed by atoms with Gasteiger partial charge in [0.05, 0.1) is 17.8 Å². The van der Waals surface area contributed by atoms with Crippen molar-refractivity contribution in [1.29, 1.82) is 0 Å². The molecule has 0 aromatic heterocycles. The van der Waals surface area contributed by atoms with E-state index in [-0.39, 0.29) is 23.7 Å². The van der Waals surface area contributed by atoms with Crippen LogP contribution in [-0.2, 0) is 9.59 Å². The number of aromatic carboxylic acids is 1. The average Bonchev–Trinajstić information content (AvgIpc) is 2.28. The number of rotatable bonds is 4. The minimum Gasteiger partial charge on any atom is -0.478 e. The highest BCUT2D eigenvalue weighted by Crippen LogP contribution is 2.14. The SMILES string of the molecule is CC(=O)N(C)CC(=O)Nc1ccccc1C(=O)O. The predicted octanol–water partition coefficient (Wildman–Crippen LogP) is 0.802. The van der Waals surface area contributed by atoms with Gasteiger partial charge in [-0.3, -0.25) is 9.59 Å². The van der Waals surface area contributed by atoms with Gasteiger partial charge >= 0.3 is 5.97 Å². The van der Waals surface area contributed by atoms with Gasteiger partial charge in [-0.2, -0.15) is 0 Å². The molecule has 0 unspecified atom stereocenters. The predicted molar refractivity (Wildman–Crippen MR) is 65.3 cm³/mol. The van der Waals surface area contributed by atoms with E-state index in [0.29, 0.717) is 0 Å². The Morgan fingerprint density at radius 1 is 1.28 bits per heavy atom. The summed E-state index contributed by atoms with van der Waals surface area (Å²) >= 11 is 0. The fraction of sp³-hybridized carbons (Fsp3) is 0.250. The van der Waals surface area contributed by atoms with E-state index in [4.69, 9.17) is 5.11 Å². The molecule has 6 heteroatoms. The van der Waals surface area contributed by atoms with Crippen LogP contribution in [-0.4, -0.2) is 41.4 Å². The number of benzene rings is 1. The van der Waals surface area contributed by atoms with Crippen LogP contribution in [0.2, 0.25) is 0 Å². The molecule has 0 saturated heterocycles. The number of para-hydroxylation sites is 1. The lowest BCUT2D eigenvalue weighted by Gasteiger charge is -2.15. The highest BCUT2D eigenvalue weighted by atomic mass is 16.4. The first-order valence-corrected chi connectivity index (χ1v) is 5.25. The monoisotopic (exact) mass is 250 g/mol. The Labute approximate surface area is 104 Å². The number of hydrogen-bond donors (Lipinski definition) is 2. The smallest absolute Gasteiger partial charge is 0.337 e. The molecule has 0 spiro atoms. The zero-order chi connectivity index (χ0) is 13.7. The Morgan fingerprint density at radius 3 is 2.44 bits per heavy atom. The summed E-state index contributed by atoms with van der Waals surface area (Å²) in [5.74, 6) is -1.80. The zero-order valence-corrected chi connectivity index (χ0v) is 10.1. The number of nitrogens with zero attached hydrogens (tertiary/aromatic N) is 1. The van der Waals surface area contributed by atoms with Gasteiger partial charge in [-0.25, -0.2) is 4.79 Å². The van der Waals surface area contributed by atoms with E-state index in [2.05, 4.69) is 5.32 Å². The molecular weight excluding hydrogens is 236 g/mol. The van der Waals surface area contributed by atoms with Crippen LogP contribution in [0.5, 0.6) is 0 Å². The van der Waals surface area contributed by atoms with Crippen molar-refractivity contribution in [3.63, 3.8) is 0 Å². The summed E-state index contributed by atoms with van der Waals surface area (Å²) < 4.78 is 0. The van der Waals surface area contributed by atoms with E-state index >= 15 is 0 Å². The lowest BCUT2D eigenvalue weighted by atomic mass is 10.2. The first-order valence-electron chi connectivity index (χ1n) is 5.25. The van der Waals surface area contributed by atoms with Crippen molar-refractivity contribution in [1.82, 2.24) is 4.90 Å². The molecule has 96 valence electrons. The maximum atomic E-state index is 11.6. The summed E-state index contributed by atoms with van der Waals surface area (Å²) in [4.78, 5) is 34.7. The van der Waals surface area contributed by atoms with Crippen molar-refractivity contribution >= 4 is 23.5 Å². The highest BCUT2D eigenvalue weighted by Gasteiger charge is 2.13. The average molecular weight is 250 g/mol. The fourth-order valence-electron chi connectivity index (χ4n) is 1.30. The Morgan fingerprint density at radius 2 is 1.89 bits per heavy atom. The molecule has 6 nitrogen and oxygen atoms in total. The van der Waals surface area contributed by atoms with Gasteiger partial charge in [0.15, 0.2) is 0 Å². The van der Waals surface area contributed by atoms with Gasteiger partial charge < -0.3 is 15.3 Å². The minimum atomic E-state index is -1.12. The second kappa shape index (κ2) is 5.81. The molecule has 1 aromatic rings. The van der Waals surface area contributed by atoms with Crippen molar-refractivity contribution in [3.05, 3.63) is 29.8 Å². The number of amides is 2. The maximum absolute atomic E-state index is 11.6. The van der Waals surface area contributed by atoms with Crippen LogP contribution in [0.3, 0.4) is 0 Å². The van der Waals surface area contributed by atoms with Gasteiger partial charge in [-0.15, -0.1) is 0 Å². The summed E-state index contributed by atoms with van der Waals surface area (Å²) in [5.41, 5.74) is 0.225. The standard InChI is InChI=1S/C12H14N2O4/c1-8(15)14(2)7-11(16)13-10-6-4-3-5-9(10)12(17)18/h3-6H,7H2,1-2H3,(H,13,16)(H,17,18). The summed E-state index contributed by atoms with van der Waals surface area (Å²) in [6.07, 6.45) is 0. The van der Waals surface area contributed by atoms with E-state index in [9.17, 15) is 14.4 Å². The number of anilines is 1. The first-order chi connectivity index (χ1) is 8.41. The largest absolute Gasteiger partial charge is 0.478 e. The molecule has 1 aromatic carbocycles. The summed E-state index contributed by atoms with van der Waals surface area (Å²) in [6, 6.07) is 6.08. The Hall–Kier alpha value is -2.37. The van der Waals surface area contributed by atoms with E-state index in [0.717, 1.165) is 0 Å². The molecule has 0 aliphatic carbocycles. The zero-order valence-electron chi connectivity index (χ0n) is 10.1. The second-order valence-electron chi connectivity index (χ2n) is 3.77. The lowest BCUT2D eigenvalue weighted by Crippen LogP contribution is -2.33. The van der Waals surface area contributed by atoms with E-state index < -0.39 is 11.9 Å². The quantitative estimate of drug-likeness (QED) is 0.827. The van der Waals surface area contributed by atoms with Gasteiger partial charge in [-0.1, -0.05) is 12.1 Å². The number of carbonyl (C=O) groups is 3. The second-order valence-corrected chi connectivity index (χ2v) is 3.77. The molecule has 18 heavy (non-hydrogen) atoms. The Kier molecular flexibility index (Phi) is 4.42. The summed E-state index contributed by atoms with van der Waals surface area (Å²) in [6.45, 7) is 1.22. The molecule has 0 heterocycles. The molecule has 0 fully saturated rings. The third-order valence-corrected chi connectivity index (χ3v) is 2.35. The molecular formula is C12H14N2O4. The van der Waals surface area contributed by atoms with Crippen LogP contribution in [0, 0.1) is 0 Å². The number of carboxylic acids is 1. The van der Waals surface area contributed by atoms with Crippen molar-refractivity contribution in [2.45, 2.75) is 6.92 Å². The third kappa shape index (κ3) is 3.58. The normalized spacial score (nSPS) is 9.67. The molecule has 0 bridgehead atoms. The van der Waals surface area contributed by atoms with Crippen LogP contribution in [0.25, 0.3) is 0 Å². The number of carbonyl (C=O) groups excluding carboxylic acids is 2. The summed E-state index contributed by atoms with van der Waals surface area (Å²) in [7, 11) is 1.49. The van der Waals surface area contributed by atoms with Gasteiger partial charge in [-0.05, 0) is 12.1 Å². The van der Waals surface area contributed by atoms with Gasteiger partial charge in [0.25, 0.3) is 0 Å². The molecule has 0 aliphatic heterocycles. The number of nitrogens with one attached hydrogen (secondary N) is 1. The van der Waals surface area contributed by atoms with Crippen molar-refractivity contribution < 1.29 is 19.5 Å². The first kappa shape index (κ1) is 13.7. The molecule has 1 rings (SSSR count). The minimum absolute atomic E-state index is 0.0105. The highest BCUT2D eigenvalue weighted by molar-refractivity contribution is 6.01. The van der Waals surface area contributed by atoms with Crippen LogP contribution in [0.1, 0.15) is 17.3 Å². The van der Waals surface area contributed by atoms with Crippen molar-refractivity contribution in [2.24, 2.45) is 0 Å².